The van der Waals surface area contributed by atoms with E-state index in [0.29, 0.717) is 30.5 Å². The molecule has 1 saturated heterocycles. The summed E-state index contributed by atoms with van der Waals surface area (Å²) in [7, 11) is -3.01. The molecule has 1 aromatic heterocycles. The van der Waals surface area contributed by atoms with Gasteiger partial charge in [0.15, 0.2) is 15.7 Å². The number of hydrogen-bond donors (Lipinski definition) is 0. The van der Waals surface area contributed by atoms with E-state index in [1.54, 1.807) is 6.92 Å². The smallest absolute Gasteiger partial charge is 0.163 e. The summed E-state index contributed by atoms with van der Waals surface area (Å²) in [6, 6.07) is 9.66. The first-order valence-electron chi connectivity index (χ1n) is 8.00. The largest absolute Gasteiger partial charge is 0.354 e. The van der Waals surface area contributed by atoms with Crippen molar-refractivity contribution in [3.05, 3.63) is 41.0 Å². The lowest BCUT2D eigenvalue weighted by molar-refractivity contribution is 0.568. The first kappa shape index (κ1) is 17.2. The van der Waals surface area contributed by atoms with Crippen LogP contribution in [0.2, 0.25) is 5.15 Å². The second kappa shape index (κ2) is 6.69. The summed E-state index contributed by atoms with van der Waals surface area (Å²) in [5.41, 5.74) is 1.75. The predicted molar refractivity (Wildman–Crippen MR) is 97.3 cm³/mol. The maximum absolute atomic E-state index is 12.0. The van der Waals surface area contributed by atoms with Gasteiger partial charge in [0, 0.05) is 24.2 Å². The van der Waals surface area contributed by atoms with Crippen molar-refractivity contribution in [2.75, 3.05) is 23.7 Å². The minimum absolute atomic E-state index is 0.139. The molecule has 2 aromatic rings. The number of nitrogens with zero attached hydrogens (tertiary/aromatic N) is 3. The van der Waals surface area contributed by atoms with Gasteiger partial charge in [-0.25, -0.2) is 18.4 Å². The van der Waals surface area contributed by atoms with Crippen LogP contribution in [0.15, 0.2) is 30.3 Å². The molecule has 0 N–H and O–H groups in total. The van der Waals surface area contributed by atoms with E-state index in [2.05, 4.69) is 4.98 Å². The molecule has 128 valence electrons. The highest BCUT2D eigenvalue weighted by Gasteiger charge is 2.31. The number of rotatable bonds is 3. The number of benzene rings is 1. The van der Waals surface area contributed by atoms with E-state index in [9.17, 15) is 8.42 Å². The molecule has 2 heterocycles. The van der Waals surface area contributed by atoms with E-state index < -0.39 is 15.1 Å². The predicted octanol–water partition coefficient (Wildman–Crippen LogP) is 2.98. The van der Waals surface area contributed by atoms with E-state index in [1.165, 1.54) is 0 Å². The third-order valence-corrected chi connectivity index (χ3v) is 6.80. The Morgan fingerprint density at radius 3 is 2.58 bits per heavy atom. The standard InChI is InChI=1S/C17H20ClN3O2S/c1-3-14-15(18)19-16(13-7-5-4-6-8-13)20-17(14)21-9-10-24(22,23)12(2)11-21/h4-8,12H,3,9-11H2,1-2H3. The van der Waals surface area contributed by atoms with Crippen molar-refractivity contribution in [1.82, 2.24) is 9.97 Å². The van der Waals surface area contributed by atoms with Gasteiger partial charge in [0.2, 0.25) is 0 Å². The first-order valence-corrected chi connectivity index (χ1v) is 10.1. The summed E-state index contributed by atoms with van der Waals surface area (Å²) < 4.78 is 24.0. The van der Waals surface area contributed by atoms with Crippen molar-refractivity contribution in [2.45, 2.75) is 25.5 Å². The fourth-order valence-electron chi connectivity index (χ4n) is 2.87. The van der Waals surface area contributed by atoms with Gasteiger partial charge in [0.05, 0.1) is 11.0 Å². The van der Waals surface area contributed by atoms with Crippen LogP contribution in [0, 0.1) is 0 Å². The number of sulfone groups is 1. The summed E-state index contributed by atoms with van der Waals surface area (Å²) in [6.07, 6.45) is 0.695. The third-order valence-electron chi connectivity index (χ3n) is 4.36. The molecular formula is C17H20ClN3O2S. The molecule has 0 radical (unpaired) electrons. The number of halogens is 1. The third kappa shape index (κ3) is 3.26. The summed E-state index contributed by atoms with van der Waals surface area (Å²) >= 11 is 6.40. The molecule has 5 nitrogen and oxygen atoms in total. The van der Waals surface area contributed by atoms with Crippen LogP contribution in [0.25, 0.3) is 11.4 Å². The molecule has 0 bridgehead atoms. The zero-order valence-corrected chi connectivity index (χ0v) is 15.3. The minimum atomic E-state index is -3.01. The topological polar surface area (TPSA) is 63.2 Å². The quantitative estimate of drug-likeness (QED) is 0.782. The zero-order chi connectivity index (χ0) is 17.3. The molecule has 0 saturated carbocycles. The van der Waals surface area contributed by atoms with Crippen molar-refractivity contribution in [3.8, 4) is 11.4 Å². The Morgan fingerprint density at radius 2 is 1.96 bits per heavy atom. The second-order valence-corrected chi connectivity index (χ2v) is 8.88. The average Bonchev–Trinajstić information content (AvgIpc) is 2.57. The molecule has 0 spiro atoms. The molecular weight excluding hydrogens is 346 g/mol. The fraction of sp³-hybridized carbons (Fsp3) is 0.412. The van der Waals surface area contributed by atoms with E-state index in [-0.39, 0.29) is 5.75 Å². The van der Waals surface area contributed by atoms with Crippen LogP contribution < -0.4 is 4.90 Å². The van der Waals surface area contributed by atoms with E-state index in [4.69, 9.17) is 16.6 Å². The number of anilines is 1. The Balaban J connectivity index is 2.05. The van der Waals surface area contributed by atoms with Gasteiger partial charge in [-0.1, -0.05) is 48.9 Å². The molecule has 0 aliphatic carbocycles. The highest BCUT2D eigenvalue weighted by molar-refractivity contribution is 7.92. The number of hydrogen-bond acceptors (Lipinski definition) is 5. The maximum Gasteiger partial charge on any atom is 0.163 e. The van der Waals surface area contributed by atoms with Crippen molar-refractivity contribution in [3.63, 3.8) is 0 Å². The van der Waals surface area contributed by atoms with E-state index in [1.807, 2.05) is 42.2 Å². The summed E-state index contributed by atoms with van der Waals surface area (Å²) in [5, 5.41) is 0.0207. The lowest BCUT2D eigenvalue weighted by atomic mass is 10.2. The summed E-state index contributed by atoms with van der Waals surface area (Å²) in [5.74, 6) is 1.45. The molecule has 3 rings (SSSR count). The first-order chi connectivity index (χ1) is 11.4. The zero-order valence-electron chi connectivity index (χ0n) is 13.7. The average molecular weight is 366 g/mol. The molecule has 1 fully saturated rings. The lowest BCUT2D eigenvalue weighted by Crippen LogP contribution is -2.46. The molecule has 1 aliphatic heterocycles. The normalized spacial score (nSPS) is 20.1. The van der Waals surface area contributed by atoms with E-state index in [0.717, 1.165) is 16.9 Å². The van der Waals surface area contributed by atoms with Gasteiger partial charge < -0.3 is 4.90 Å². The molecule has 1 aliphatic rings. The number of aromatic nitrogens is 2. The fourth-order valence-corrected chi connectivity index (χ4v) is 4.46. The van der Waals surface area contributed by atoms with Gasteiger partial charge in [0.1, 0.15) is 11.0 Å². The van der Waals surface area contributed by atoms with Gasteiger partial charge in [-0.3, -0.25) is 0 Å². The highest BCUT2D eigenvalue weighted by Crippen LogP contribution is 2.30. The molecule has 24 heavy (non-hydrogen) atoms. The summed E-state index contributed by atoms with van der Waals surface area (Å²) in [4.78, 5) is 11.2. The van der Waals surface area contributed by atoms with Crippen LogP contribution in [0.1, 0.15) is 19.4 Å². The van der Waals surface area contributed by atoms with E-state index >= 15 is 0 Å². The Kier molecular flexibility index (Phi) is 4.78. The Labute approximate surface area is 147 Å². The SMILES string of the molecule is CCc1c(Cl)nc(-c2ccccc2)nc1N1CCS(=O)(=O)C(C)C1. The van der Waals surface area contributed by atoms with Crippen LogP contribution in [0.3, 0.4) is 0 Å². The lowest BCUT2D eigenvalue weighted by Gasteiger charge is -2.33. The molecule has 1 aromatic carbocycles. The van der Waals surface area contributed by atoms with Crippen LogP contribution in [0.5, 0.6) is 0 Å². The van der Waals surface area contributed by atoms with Gasteiger partial charge >= 0.3 is 0 Å². The van der Waals surface area contributed by atoms with Crippen molar-refractivity contribution < 1.29 is 8.42 Å². The summed E-state index contributed by atoms with van der Waals surface area (Å²) in [6.45, 7) is 4.60. The highest BCUT2D eigenvalue weighted by atomic mass is 35.5. The Bertz CT molecular complexity index is 840. The van der Waals surface area contributed by atoms with Crippen LogP contribution in [0.4, 0.5) is 5.82 Å². The monoisotopic (exact) mass is 365 g/mol. The van der Waals surface area contributed by atoms with Crippen LogP contribution in [-0.2, 0) is 16.3 Å². The Hall–Kier alpha value is -1.66. The molecule has 7 heteroatoms. The van der Waals surface area contributed by atoms with Crippen molar-refractivity contribution >= 4 is 27.3 Å². The van der Waals surface area contributed by atoms with Gasteiger partial charge in [-0.05, 0) is 13.3 Å². The minimum Gasteiger partial charge on any atom is -0.354 e. The van der Waals surface area contributed by atoms with Crippen LogP contribution >= 0.6 is 11.6 Å². The molecule has 1 unspecified atom stereocenters. The Morgan fingerprint density at radius 1 is 1.25 bits per heavy atom. The van der Waals surface area contributed by atoms with Gasteiger partial charge in [0.25, 0.3) is 0 Å². The molecule has 1 atom stereocenters. The molecule has 0 amide bonds. The van der Waals surface area contributed by atoms with Gasteiger partial charge in [-0.15, -0.1) is 0 Å². The van der Waals surface area contributed by atoms with Crippen molar-refractivity contribution in [2.24, 2.45) is 0 Å². The maximum atomic E-state index is 12.0. The van der Waals surface area contributed by atoms with Crippen LogP contribution in [-0.4, -0.2) is 42.5 Å². The van der Waals surface area contributed by atoms with Gasteiger partial charge in [-0.2, -0.15) is 0 Å². The van der Waals surface area contributed by atoms with Crippen molar-refractivity contribution in [1.29, 1.82) is 0 Å². The second-order valence-electron chi connectivity index (χ2n) is 5.98.